The van der Waals surface area contributed by atoms with Crippen molar-refractivity contribution in [3.8, 4) is 23.0 Å². The van der Waals surface area contributed by atoms with Gasteiger partial charge < -0.3 is 18.5 Å². The molecule has 4 rings (SSSR count). The zero-order valence-corrected chi connectivity index (χ0v) is 23.8. The quantitative estimate of drug-likeness (QED) is 0.101. The van der Waals surface area contributed by atoms with Crippen molar-refractivity contribution in [2.45, 2.75) is 0 Å². The molecule has 11 heteroatoms. The van der Waals surface area contributed by atoms with Crippen LogP contribution in [-0.2, 0) is 4.57 Å². The summed E-state index contributed by atoms with van der Waals surface area (Å²) in [6.07, 6.45) is 5.43. The van der Waals surface area contributed by atoms with E-state index in [1.54, 1.807) is 12.1 Å². The molecule has 0 bridgehead atoms. The maximum absolute atomic E-state index is 13.1. The minimum Gasteiger partial charge on any atom is -0.493 e. The van der Waals surface area contributed by atoms with Gasteiger partial charge in [0, 0.05) is 11.1 Å². The van der Waals surface area contributed by atoms with E-state index in [9.17, 15) is 27.8 Å². The third-order valence-corrected chi connectivity index (χ3v) is 6.77. The van der Waals surface area contributed by atoms with Crippen molar-refractivity contribution in [2.24, 2.45) is 0 Å². The van der Waals surface area contributed by atoms with Crippen LogP contribution in [0.5, 0.6) is 23.0 Å². The van der Waals surface area contributed by atoms with Crippen LogP contribution in [0.3, 0.4) is 0 Å². The largest absolute Gasteiger partial charge is 0.585 e. The van der Waals surface area contributed by atoms with Gasteiger partial charge >= 0.3 is 7.82 Å². The molecule has 0 aliphatic rings. The van der Waals surface area contributed by atoms with Crippen LogP contribution in [0.15, 0.2) is 97.1 Å². The summed E-state index contributed by atoms with van der Waals surface area (Å²) in [6.45, 7) is 0. The van der Waals surface area contributed by atoms with Crippen molar-refractivity contribution < 1.29 is 46.3 Å². The molecule has 0 aliphatic heterocycles. The summed E-state index contributed by atoms with van der Waals surface area (Å²) in [6, 6.07) is 19.0. The summed E-state index contributed by atoms with van der Waals surface area (Å²) in [4.78, 5) is 35.4. The number of ether oxygens (including phenoxy) is 2. The van der Waals surface area contributed by atoms with Gasteiger partial charge in [-0.2, -0.15) is 0 Å². The molecule has 0 radical (unpaired) electrons. The van der Waals surface area contributed by atoms with Gasteiger partial charge in [0.25, 0.3) is 0 Å². The standard InChI is InChI=1S/C32H25F2O8P/c1-39-29-17-5-21(3-15-27(35)23-7-11-25(33)12-8-23)19-31(29)41-43(37,38)42-32-20-22(6-18-30(32)40-2)4-16-28(36)24-9-13-26(34)14-10-24/h3-20H,1-2H3,(H,37,38). The number of benzene rings is 4. The zero-order valence-electron chi connectivity index (χ0n) is 22.9. The van der Waals surface area contributed by atoms with Crippen molar-refractivity contribution in [3.63, 3.8) is 0 Å². The van der Waals surface area contributed by atoms with Gasteiger partial charge in [-0.05, 0) is 96.1 Å². The lowest BCUT2D eigenvalue weighted by molar-refractivity contribution is 0.103. The van der Waals surface area contributed by atoms with Crippen molar-refractivity contribution in [3.05, 3.63) is 131 Å². The summed E-state index contributed by atoms with van der Waals surface area (Å²) in [5.74, 6) is -1.76. The molecule has 0 heterocycles. The van der Waals surface area contributed by atoms with Gasteiger partial charge in [0.15, 0.2) is 34.6 Å². The predicted octanol–water partition coefficient (Wildman–Crippen LogP) is 7.33. The second-order valence-corrected chi connectivity index (χ2v) is 10.2. The highest BCUT2D eigenvalue weighted by Crippen LogP contribution is 2.49. The molecule has 1 N–H and O–H groups in total. The highest BCUT2D eigenvalue weighted by atomic mass is 31.2. The molecule has 4 aromatic carbocycles. The number of hydrogen-bond donors (Lipinski definition) is 1. The minimum absolute atomic E-state index is 0.114. The van der Waals surface area contributed by atoms with Crippen LogP contribution in [0.4, 0.5) is 8.78 Å². The van der Waals surface area contributed by atoms with Gasteiger partial charge in [-0.15, -0.1) is 0 Å². The smallest absolute Gasteiger partial charge is 0.493 e. The summed E-state index contributed by atoms with van der Waals surface area (Å²) < 4.78 is 60.5. The molecule has 0 spiro atoms. The maximum Gasteiger partial charge on any atom is 0.585 e. The van der Waals surface area contributed by atoms with Gasteiger partial charge in [-0.25, -0.2) is 13.3 Å². The second-order valence-electron chi connectivity index (χ2n) is 8.88. The Balaban J connectivity index is 1.52. The minimum atomic E-state index is -4.85. The maximum atomic E-state index is 13.1. The Kier molecular flexibility index (Phi) is 9.87. The van der Waals surface area contributed by atoms with Crippen molar-refractivity contribution in [1.82, 2.24) is 0 Å². The Morgan fingerprint density at radius 3 is 1.35 bits per heavy atom. The lowest BCUT2D eigenvalue weighted by Gasteiger charge is -2.17. The van der Waals surface area contributed by atoms with Gasteiger partial charge in [0.05, 0.1) is 14.2 Å². The van der Waals surface area contributed by atoms with Gasteiger partial charge in [-0.3, -0.25) is 14.5 Å². The fourth-order valence-corrected chi connectivity index (χ4v) is 4.59. The molecule has 0 fully saturated rings. The van der Waals surface area contributed by atoms with Crippen LogP contribution in [0, 0.1) is 11.6 Å². The average Bonchev–Trinajstić information content (AvgIpc) is 2.99. The van der Waals surface area contributed by atoms with E-state index in [0.717, 1.165) is 0 Å². The van der Waals surface area contributed by atoms with Crippen LogP contribution in [0.25, 0.3) is 12.2 Å². The van der Waals surface area contributed by atoms with E-state index >= 15 is 0 Å². The number of methoxy groups -OCH3 is 2. The van der Waals surface area contributed by atoms with Crippen molar-refractivity contribution in [2.75, 3.05) is 14.2 Å². The van der Waals surface area contributed by atoms with E-state index in [2.05, 4.69) is 0 Å². The molecule has 0 saturated carbocycles. The lowest BCUT2D eigenvalue weighted by Crippen LogP contribution is -2.03. The van der Waals surface area contributed by atoms with Gasteiger partial charge in [0.1, 0.15) is 11.6 Å². The number of allylic oxidation sites excluding steroid dienone is 2. The Hall–Kier alpha value is -5.05. The Morgan fingerprint density at radius 1 is 0.628 bits per heavy atom. The third kappa shape index (κ3) is 8.48. The number of carbonyl (C=O) groups is 2. The van der Waals surface area contributed by atoms with Crippen LogP contribution >= 0.6 is 7.82 Å². The van der Waals surface area contributed by atoms with Crippen LogP contribution in [0.2, 0.25) is 0 Å². The average molecular weight is 607 g/mol. The first-order valence-electron chi connectivity index (χ1n) is 12.6. The molecule has 0 atom stereocenters. The number of ketones is 2. The van der Waals surface area contributed by atoms with Crippen LogP contribution < -0.4 is 18.5 Å². The first kappa shape index (κ1) is 30.9. The number of phosphoric ester groups is 1. The van der Waals surface area contributed by atoms with E-state index in [4.69, 9.17) is 18.5 Å². The molecular weight excluding hydrogens is 581 g/mol. The van der Waals surface area contributed by atoms with Crippen molar-refractivity contribution in [1.29, 1.82) is 0 Å². The zero-order chi connectivity index (χ0) is 31.0. The molecule has 0 amide bonds. The molecule has 220 valence electrons. The molecule has 43 heavy (non-hydrogen) atoms. The SMILES string of the molecule is COc1ccc(C=CC(=O)c2ccc(F)cc2)cc1OP(=O)(O)Oc1cc(C=CC(=O)c2ccc(F)cc2)ccc1OC. The first-order valence-corrected chi connectivity index (χ1v) is 14.1. The monoisotopic (exact) mass is 606 g/mol. The fourth-order valence-electron chi connectivity index (χ4n) is 3.77. The van der Waals surface area contributed by atoms with Gasteiger partial charge in [-0.1, -0.05) is 24.3 Å². The number of carbonyl (C=O) groups excluding carboxylic acids is 2. The molecular formula is C32H25F2O8P. The molecule has 4 aromatic rings. The second kappa shape index (κ2) is 13.7. The van der Waals surface area contributed by atoms with Crippen LogP contribution in [-0.4, -0.2) is 30.7 Å². The number of phosphoric acid groups is 1. The molecule has 0 unspecified atom stereocenters. The third-order valence-electron chi connectivity index (χ3n) is 5.91. The summed E-state index contributed by atoms with van der Waals surface area (Å²) in [5.41, 5.74) is 1.42. The van der Waals surface area contributed by atoms with E-state index < -0.39 is 19.5 Å². The van der Waals surface area contributed by atoms with Crippen LogP contribution in [0.1, 0.15) is 31.8 Å². The number of hydrogen-bond acceptors (Lipinski definition) is 7. The van der Waals surface area contributed by atoms with E-state index in [1.807, 2.05) is 0 Å². The molecule has 0 aromatic heterocycles. The lowest BCUT2D eigenvalue weighted by atomic mass is 10.1. The summed E-state index contributed by atoms with van der Waals surface area (Å²) >= 11 is 0. The topological polar surface area (TPSA) is 108 Å². The first-order chi connectivity index (χ1) is 20.6. The summed E-state index contributed by atoms with van der Waals surface area (Å²) in [5, 5.41) is 0. The Bertz CT molecular complexity index is 1610. The highest BCUT2D eigenvalue weighted by molar-refractivity contribution is 7.48. The number of rotatable bonds is 12. The van der Waals surface area contributed by atoms with E-state index in [-0.39, 0.29) is 45.7 Å². The van der Waals surface area contributed by atoms with Gasteiger partial charge in [0.2, 0.25) is 0 Å². The highest BCUT2D eigenvalue weighted by Gasteiger charge is 2.28. The van der Waals surface area contributed by atoms with E-state index in [0.29, 0.717) is 11.1 Å². The number of halogens is 2. The Labute approximate surface area is 246 Å². The van der Waals surface area contributed by atoms with E-state index in [1.165, 1.54) is 111 Å². The predicted molar refractivity (Wildman–Crippen MR) is 157 cm³/mol. The molecule has 8 nitrogen and oxygen atoms in total. The van der Waals surface area contributed by atoms with Crippen molar-refractivity contribution >= 4 is 31.5 Å². The molecule has 0 aliphatic carbocycles. The molecule has 0 saturated heterocycles. The normalized spacial score (nSPS) is 12.6. The summed E-state index contributed by atoms with van der Waals surface area (Å²) in [7, 11) is -2.17. The fraction of sp³-hybridized carbons (Fsp3) is 0.0625. The Morgan fingerprint density at radius 2 is 1.00 bits per heavy atom.